The lowest BCUT2D eigenvalue weighted by Gasteiger charge is -2.11. The van der Waals surface area contributed by atoms with Crippen molar-refractivity contribution in [3.05, 3.63) is 30.1 Å². The Hall–Kier alpha value is -2.37. The number of nitrogens with zero attached hydrogens (tertiary/aromatic N) is 3. The predicted molar refractivity (Wildman–Crippen MR) is 80.2 cm³/mol. The molecule has 1 N–H and O–H groups in total. The van der Waals surface area contributed by atoms with E-state index in [0.29, 0.717) is 24.1 Å². The van der Waals surface area contributed by atoms with Crippen LogP contribution in [0.25, 0.3) is 11.4 Å². The summed E-state index contributed by atoms with van der Waals surface area (Å²) in [6, 6.07) is 7.54. The normalized spacial score (nSPS) is 10.7. The Labute approximate surface area is 124 Å². The minimum Gasteiger partial charge on any atom is -0.493 e. The van der Waals surface area contributed by atoms with Crippen molar-refractivity contribution >= 4 is 5.91 Å². The monoisotopic (exact) mass is 288 g/mol. The molecule has 112 valence electrons. The van der Waals surface area contributed by atoms with Crippen molar-refractivity contribution in [1.82, 2.24) is 20.1 Å². The van der Waals surface area contributed by atoms with Gasteiger partial charge in [-0.1, -0.05) is 26.0 Å². The fourth-order valence-corrected chi connectivity index (χ4v) is 1.72. The van der Waals surface area contributed by atoms with Crippen LogP contribution in [-0.4, -0.2) is 46.7 Å². The number of nitrogens with one attached hydrogen (secondary N) is 1. The third kappa shape index (κ3) is 3.59. The zero-order chi connectivity index (χ0) is 15.4. The third-order valence-electron chi connectivity index (χ3n) is 2.79. The number of rotatable bonds is 5. The topological polar surface area (TPSA) is 71.1 Å². The van der Waals surface area contributed by atoms with E-state index < -0.39 is 0 Å². The smallest absolute Gasteiger partial charge is 0.290 e. The Kier molecular flexibility index (Phi) is 4.57. The highest BCUT2D eigenvalue weighted by atomic mass is 16.5. The van der Waals surface area contributed by atoms with Crippen LogP contribution in [0.2, 0.25) is 0 Å². The van der Waals surface area contributed by atoms with E-state index in [-0.39, 0.29) is 11.7 Å². The van der Waals surface area contributed by atoms with Gasteiger partial charge in [-0.2, -0.15) is 5.10 Å². The van der Waals surface area contributed by atoms with Crippen LogP contribution < -0.4 is 4.74 Å². The largest absolute Gasteiger partial charge is 0.493 e. The van der Waals surface area contributed by atoms with Crippen molar-refractivity contribution in [3.63, 3.8) is 0 Å². The van der Waals surface area contributed by atoms with Gasteiger partial charge in [-0.3, -0.25) is 9.89 Å². The summed E-state index contributed by atoms with van der Waals surface area (Å²) in [5.41, 5.74) is 0.771. The summed E-state index contributed by atoms with van der Waals surface area (Å²) in [6.45, 7) is 4.79. The number of benzene rings is 1. The van der Waals surface area contributed by atoms with Crippen LogP contribution in [0.3, 0.4) is 0 Å². The first kappa shape index (κ1) is 15.0. The maximum Gasteiger partial charge on any atom is 0.290 e. The first-order valence-electron chi connectivity index (χ1n) is 6.85. The molecule has 1 aromatic carbocycles. The molecule has 0 spiro atoms. The van der Waals surface area contributed by atoms with Gasteiger partial charge in [-0.15, -0.1) is 0 Å². The van der Waals surface area contributed by atoms with Gasteiger partial charge in [-0.05, 0) is 18.1 Å². The molecule has 0 atom stereocenters. The summed E-state index contributed by atoms with van der Waals surface area (Å²) < 4.78 is 5.78. The second-order valence-corrected chi connectivity index (χ2v) is 5.41. The lowest BCUT2D eigenvalue weighted by molar-refractivity contribution is 0.0816. The molecular formula is C15H20N4O2. The number of hydrogen-bond acceptors (Lipinski definition) is 4. The van der Waals surface area contributed by atoms with Gasteiger partial charge in [0.25, 0.3) is 5.91 Å². The summed E-state index contributed by atoms with van der Waals surface area (Å²) in [7, 11) is 3.34. The van der Waals surface area contributed by atoms with Crippen molar-refractivity contribution in [1.29, 1.82) is 0 Å². The van der Waals surface area contributed by atoms with E-state index in [1.165, 1.54) is 4.90 Å². The maximum atomic E-state index is 11.8. The standard InChI is InChI=1S/C15H20N4O2/c1-10(2)9-21-12-8-6-5-7-11(12)13-16-14(18-17-13)15(20)19(3)4/h5-8,10H,9H2,1-4H3,(H,16,17,18). The van der Waals surface area contributed by atoms with Crippen LogP contribution in [0.15, 0.2) is 24.3 Å². The van der Waals surface area contributed by atoms with Crippen LogP contribution in [0.5, 0.6) is 5.75 Å². The van der Waals surface area contributed by atoms with Crippen molar-refractivity contribution < 1.29 is 9.53 Å². The van der Waals surface area contributed by atoms with Crippen LogP contribution >= 0.6 is 0 Å². The molecule has 0 aliphatic rings. The third-order valence-corrected chi connectivity index (χ3v) is 2.79. The maximum absolute atomic E-state index is 11.8. The Morgan fingerprint density at radius 2 is 2.05 bits per heavy atom. The molecule has 0 bridgehead atoms. The van der Waals surface area contributed by atoms with E-state index in [2.05, 4.69) is 29.0 Å². The summed E-state index contributed by atoms with van der Waals surface area (Å²) >= 11 is 0. The molecule has 2 aromatic rings. The zero-order valence-electron chi connectivity index (χ0n) is 12.8. The van der Waals surface area contributed by atoms with Gasteiger partial charge in [0.05, 0.1) is 12.2 Å². The second kappa shape index (κ2) is 6.39. The molecule has 0 fully saturated rings. The van der Waals surface area contributed by atoms with Gasteiger partial charge in [0, 0.05) is 14.1 Å². The van der Waals surface area contributed by atoms with Crippen LogP contribution in [-0.2, 0) is 0 Å². The molecule has 1 aromatic heterocycles. The number of amides is 1. The van der Waals surface area contributed by atoms with Gasteiger partial charge in [0.1, 0.15) is 5.75 Å². The Morgan fingerprint density at radius 3 is 2.71 bits per heavy atom. The van der Waals surface area contributed by atoms with E-state index in [1.54, 1.807) is 14.1 Å². The number of hydrogen-bond donors (Lipinski definition) is 1. The number of aromatic amines is 1. The average Bonchev–Trinajstić information content (AvgIpc) is 2.94. The van der Waals surface area contributed by atoms with Gasteiger partial charge in [0.15, 0.2) is 5.82 Å². The van der Waals surface area contributed by atoms with Gasteiger partial charge in [-0.25, -0.2) is 4.98 Å². The summed E-state index contributed by atoms with van der Waals surface area (Å²) in [5, 5.41) is 6.78. The summed E-state index contributed by atoms with van der Waals surface area (Å²) in [4.78, 5) is 17.6. The lowest BCUT2D eigenvalue weighted by Crippen LogP contribution is -2.22. The first-order valence-corrected chi connectivity index (χ1v) is 6.85. The highest BCUT2D eigenvalue weighted by molar-refractivity contribution is 5.90. The molecule has 21 heavy (non-hydrogen) atoms. The Morgan fingerprint density at radius 1 is 1.33 bits per heavy atom. The quantitative estimate of drug-likeness (QED) is 0.915. The molecule has 1 amide bonds. The van der Waals surface area contributed by atoms with Crippen molar-refractivity contribution in [2.45, 2.75) is 13.8 Å². The van der Waals surface area contributed by atoms with Gasteiger partial charge >= 0.3 is 0 Å². The average molecular weight is 288 g/mol. The number of ether oxygens (including phenoxy) is 1. The Bertz CT molecular complexity index is 620. The molecule has 0 aliphatic heterocycles. The van der Waals surface area contributed by atoms with Crippen molar-refractivity contribution in [2.24, 2.45) is 5.92 Å². The number of aromatic nitrogens is 3. The van der Waals surface area contributed by atoms with Crippen LogP contribution in [0, 0.1) is 5.92 Å². The molecule has 2 rings (SSSR count). The molecule has 0 saturated heterocycles. The minimum atomic E-state index is -0.214. The number of carbonyl (C=O) groups is 1. The molecular weight excluding hydrogens is 268 g/mol. The van der Waals surface area contributed by atoms with Crippen LogP contribution in [0.1, 0.15) is 24.5 Å². The highest BCUT2D eigenvalue weighted by Crippen LogP contribution is 2.27. The molecule has 6 nitrogen and oxygen atoms in total. The molecule has 0 unspecified atom stereocenters. The van der Waals surface area contributed by atoms with E-state index in [4.69, 9.17) is 4.74 Å². The second-order valence-electron chi connectivity index (χ2n) is 5.41. The SMILES string of the molecule is CC(C)COc1ccccc1-c1n[nH]c(C(=O)N(C)C)n1. The molecule has 0 radical (unpaired) electrons. The number of para-hydroxylation sites is 1. The Balaban J connectivity index is 2.28. The minimum absolute atomic E-state index is 0.214. The first-order chi connectivity index (χ1) is 9.99. The molecule has 0 aliphatic carbocycles. The van der Waals surface area contributed by atoms with Gasteiger partial charge in [0.2, 0.25) is 5.82 Å². The fourth-order valence-electron chi connectivity index (χ4n) is 1.72. The zero-order valence-corrected chi connectivity index (χ0v) is 12.8. The fraction of sp³-hybridized carbons (Fsp3) is 0.400. The number of H-pyrrole nitrogens is 1. The van der Waals surface area contributed by atoms with E-state index in [9.17, 15) is 4.79 Å². The molecule has 6 heteroatoms. The summed E-state index contributed by atoms with van der Waals surface area (Å²) in [6.07, 6.45) is 0. The lowest BCUT2D eigenvalue weighted by atomic mass is 10.2. The number of carbonyl (C=O) groups excluding carboxylic acids is 1. The summed E-state index contributed by atoms with van der Waals surface area (Å²) in [5.74, 6) is 1.60. The predicted octanol–water partition coefficient (Wildman–Crippen LogP) is 2.21. The van der Waals surface area contributed by atoms with E-state index in [0.717, 1.165) is 5.56 Å². The van der Waals surface area contributed by atoms with Crippen molar-refractivity contribution in [3.8, 4) is 17.1 Å². The van der Waals surface area contributed by atoms with E-state index >= 15 is 0 Å². The molecule has 1 heterocycles. The van der Waals surface area contributed by atoms with Gasteiger partial charge < -0.3 is 9.64 Å². The van der Waals surface area contributed by atoms with Crippen molar-refractivity contribution in [2.75, 3.05) is 20.7 Å². The van der Waals surface area contributed by atoms with Crippen LogP contribution in [0.4, 0.5) is 0 Å². The highest BCUT2D eigenvalue weighted by Gasteiger charge is 2.16. The molecule has 0 saturated carbocycles. The van der Waals surface area contributed by atoms with E-state index in [1.807, 2.05) is 24.3 Å².